The van der Waals surface area contributed by atoms with Crippen LogP contribution in [0.25, 0.3) is 0 Å². The summed E-state index contributed by atoms with van der Waals surface area (Å²) in [7, 11) is 3.83. The molecule has 5 nitrogen and oxygen atoms in total. The molecule has 26 heavy (non-hydrogen) atoms. The highest BCUT2D eigenvalue weighted by atomic mass is 35.5. The summed E-state index contributed by atoms with van der Waals surface area (Å²) < 4.78 is 5.31. The van der Waals surface area contributed by atoms with Crippen molar-refractivity contribution < 1.29 is 14.3 Å². The highest BCUT2D eigenvalue weighted by Crippen LogP contribution is 2.47. The number of ether oxygens (including phenoxy) is 1. The summed E-state index contributed by atoms with van der Waals surface area (Å²) >= 11 is 7.06. The molecule has 1 aromatic rings. The van der Waals surface area contributed by atoms with Crippen molar-refractivity contribution in [1.29, 1.82) is 0 Å². The maximum Gasteiger partial charge on any atom is 0.347 e. The molecular formula is C18H23ClN2O3S2. The number of thiocarbonyl (C=S) groups is 1. The molecule has 2 fully saturated rings. The largest absolute Gasteiger partial charge is 0.460 e. The monoisotopic (exact) mass is 414 g/mol. The molecule has 3 rings (SSSR count). The van der Waals surface area contributed by atoms with Crippen molar-refractivity contribution in [2.45, 2.75) is 24.1 Å². The van der Waals surface area contributed by atoms with Gasteiger partial charge in [-0.2, -0.15) is 0 Å². The fourth-order valence-electron chi connectivity index (χ4n) is 3.26. The first-order chi connectivity index (χ1) is 11.9. The van der Waals surface area contributed by atoms with E-state index in [0.717, 1.165) is 11.1 Å². The number of aryl methyl sites for hydroxylation is 1. The molecule has 2 aliphatic rings. The number of esters is 1. The number of nitrogens with zero attached hydrogens (tertiary/aromatic N) is 2. The first-order valence-electron chi connectivity index (χ1n) is 8.24. The number of thioether (sulfide) groups is 1. The summed E-state index contributed by atoms with van der Waals surface area (Å²) in [5, 5.41) is -0.166. The van der Waals surface area contributed by atoms with E-state index < -0.39 is 5.97 Å². The van der Waals surface area contributed by atoms with Crippen LogP contribution in [-0.2, 0) is 14.3 Å². The molecule has 0 aromatic heterocycles. The molecule has 0 N–H and O–H groups in total. The zero-order chi connectivity index (χ0) is 18.1. The Balaban J connectivity index is 0.00000243. The van der Waals surface area contributed by atoms with Gasteiger partial charge in [-0.3, -0.25) is 4.79 Å². The van der Waals surface area contributed by atoms with E-state index in [1.165, 1.54) is 0 Å². The number of rotatable bonds is 6. The van der Waals surface area contributed by atoms with E-state index in [4.69, 9.17) is 17.0 Å². The summed E-state index contributed by atoms with van der Waals surface area (Å²) in [6, 6.07) is 7.73. The molecule has 142 valence electrons. The zero-order valence-corrected chi connectivity index (χ0v) is 17.5. The molecule has 1 aromatic carbocycles. The lowest BCUT2D eigenvalue weighted by atomic mass is 9.89. The summed E-state index contributed by atoms with van der Waals surface area (Å²) in [4.78, 5) is 28.8. The van der Waals surface area contributed by atoms with Gasteiger partial charge in [0.1, 0.15) is 11.5 Å². The van der Waals surface area contributed by atoms with Crippen LogP contribution in [0.5, 0.6) is 0 Å². The Hall–Kier alpha value is -1.15. The smallest absolute Gasteiger partial charge is 0.347 e. The van der Waals surface area contributed by atoms with Gasteiger partial charge in [-0.05, 0) is 26.6 Å². The number of halogens is 1. The summed E-state index contributed by atoms with van der Waals surface area (Å²) in [5.74, 6) is 0.0795. The van der Waals surface area contributed by atoms with Crippen molar-refractivity contribution in [3.05, 3.63) is 35.4 Å². The lowest BCUT2D eigenvalue weighted by molar-refractivity contribution is -0.136. The molecule has 0 aliphatic carbocycles. The maximum atomic E-state index is 12.5. The predicted molar refractivity (Wildman–Crippen MR) is 110 cm³/mol. The predicted octanol–water partition coefficient (Wildman–Crippen LogP) is 2.26. The van der Waals surface area contributed by atoms with Crippen LogP contribution in [0.4, 0.5) is 0 Å². The van der Waals surface area contributed by atoms with Crippen LogP contribution in [0.15, 0.2) is 24.3 Å². The van der Waals surface area contributed by atoms with E-state index in [-0.39, 0.29) is 40.4 Å². The average molecular weight is 415 g/mol. The number of hydrogen-bond acceptors (Lipinski definition) is 6. The minimum absolute atomic E-state index is 0. The van der Waals surface area contributed by atoms with Gasteiger partial charge in [0.05, 0.1) is 17.2 Å². The highest BCUT2D eigenvalue weighted by molar-refractivity contribution is 8.01. The van der Waals surface area contributed by atoms with Gasteiger partial charge in [0, 0.05) is 12.5 Å². The van der Waals surface area contributed by atoms with E-state index in [1.54, 1.807) is 16.7 Å². The first-order valence-corrected chi connectivity index (χ1v) is 9.70. The second-order valence-corrected chi connectivity index (χ2v) is 8.25. The SMILES string of the molecule is Cc1ccc(C2C3SCN(C3=O)C2C(=S)C(=O)OCCN(C)C)cc1.Cl. The molecule has 8 heteroatoms. The third-order valence-corrected chi connectivity index (χ3v) is 6.31. The number of carbonyl (C=O) groups excluding carboxylic acids is 2. The Morgan fingerprint density at radius 1 is 1.35 bits per heavy atom. The summed E-state index contributed by atoms with van der Waals surface area (Å²) in [5.41, 5.74) is 2.21. The standard InChI is InChI=1S/C18H22N2O3S2.ClH/c1-11-4-6-12(7-5-11)13-14(20-10-25-16(13)17(20)21)15(24)18(22)23-9-8-19(2)3;/h4-7,13-14,16H,8-10H2,1-3H3;1H. The van der Waals surface area contributed by atoms with Crippen LogP contribution in [-0.4, -0.2) is 71.0 Å². The van der Waals surface area contributed by atoms with Gasteiger partial charge in [0.2, 0.25) is 5.91 Å². The summed E-state index contributed by atoms with van der Waals surface area (Å²) in [6.45, 7) is 2.96. The van der Waals surface area contributed by atoms with Crippen molar-refractivity contribution >= 4 is 53.1 Å². The minimum Gasteiger partial charge on any atom is -0.460 e. The molecule has 2 bridgehead atoms. The van der Waals surface area contributed by atoms with Crippen molar-refractivity contribution in [2.24, 2.45) is 0 Å². The second-order valence-electron chi connectivity index (χ2n) is 6.71. The Morgan fingerprint density at radius 3 is 2.62 bits per heavy atom. The third-order valence-electron chi connectivity index (χ3n) is 4.63. The van der Waals surface area contributed by atoms with Crippen LogP contribution < -0.4 is 0 Å². The molecule has 3 unspecified atom stereocenters. The number of benzene rings is 1. The number of fused-ring (bicyclic) bond motifs is 2. The topological polar surface area (TPSA) is 49.9 Å². The summed E-state index contributed by atoms with van der Waals surface area (Å²) in [6.07, 6.45) is 0. The molecule has 2 aliphatic heterocycles. The Morgan fingerprint density at radius 2 is 2.00 bits per heavy atom. The van der Waals surface area contributed by atoms with Crippen LogP contribution >= 0.6 is 36.4 Å². The van der Waals surface area contributed by atoms with Crippen LogP contribution in [0.3, 0.4) is 0 Å². The van der Waals surface area contributed by atoms with Crippen LogP contribution in [0.1, 0.15) is 17.0 Å². The molecule has 0 saturated carbocycles. The van der Waals surface area contributed by atoms with E-state index in [1.807, 2.05) is 50.2 Å². The van der Waals surface area contributed by atoms with Gasteiger partial charge in [-0.15, -0.1) is 24.2 Å². The highest BCUT2D eigenvalue weighted by Gasteiger charge is 2.56. The Labute approximate surface area is 169 Å². The van der Waals surface area contributed by atoms with E-state index >= 15 is 0 Å². The van der Waals surface area contributed by atoms with Crippen molar-refractivity contribution in [2.75, 3.05) is 33.1 Å². The minimum atomic E-state index is -0.482. The number of amides is 1. The molecule has 1 amide bonds. The van der Waals surface area contributed by atoms with Crippen molar-refractivity contribution in [3.8, 4) is 0 Å². The fourth-order valence-corrected chi connectivity index (χ4v) is 4.99. The van der Waals surface area contributed by atoms with Crippen LogP contribution in [0, 0.1) is 6.92 Å². The van der Waals surface area contributed by atoms with E-state index in [2.05, 4.69) is 0 Å². The second kappa shape index (κ2) is 8.69. The van der Waals surface area contributed by atoms with Gasteiger partial charge >= 0.3 is 5.97 Å². The van der Waals surface area contributed by atoms with Crippen LogP contribution in [0.2, 0.25) is 0 Å². The third kappa shape index (κ3) is 4.06. The first kappa shape index (κ1) is 21.2. The van der Waals surface area contributed by atoms with Crippen molar-refractivity contribution in [3.63, 3.8) is 0 Å². The van der Waals surface area contributed by atoms with E-state index in [0.29, 0.717) is 19.0 Å². The normalized spacial score (nSPS) is 23.9. The van der Waals surface area contributed by atoms with Gasteiger partial charge in [-0.1, -0.05) is 42.0 Å². The molecule has 3 atom stereocenters. The number of carbonyl (C=O) groups is 2. The number of hydrogen-bond donors (Lipinski definition) is 0. The van der Waals surface area contributed by atoms with Crippen molar-refractivity contribution in [1.82, 2.24) is 9.80 Å². The molecule has 0 spiro atoms. The average Bonchev–Trinajstić information content (AvgIpc) is 3.07. The lowest BCUT2D eigenvalue weighted by Crippen LogP contribution is -2.44. The van der Waals surface area contributed by atoms with Gasteiger partial charge in [0.25, 0.3) is 0 Å². The quantitative estimate of drug-likeness (QED) is 0.525. The lowest BCUT2D eigenvalue weighted by Gasteiger charge is -2.31. The fraction of sp³-hybridized carbons (Fsp3) is 0.500. The number of likely N-dealkylation sites (N-methyl/N-ethyl adjacent to an activating group) is 1. The molecule has 2 saturated heterocycles. The Kier molecular flexibility index (Phi) is 7.07. The zero-order valence-electron chi connectivity index (χ0n) is 15.0. The van der Waals surface area contributed by atoms with Gasteiger partial charge < -0.3 is 14.5 Å². The Bertz CT molecular complexity index is 696. The van der Waals surface area contributed by atoms with E-state index in [9.17, 15) is 9.59 Å². The molecule has 0 radical (unpaired) electrons. The van der Waals surface area contributed by atoms with Gasteiger partial charge in [-0.25, -0.2) is 4.79 Å². The maximum absolute atomic E-state index is 12.5. The van der Waals surface area contributed by atoms with Gasteiger partial charge in [0.15, 0.2) is 0 Å². The molecular weight excluding hydrogens is 392 g/mol. The molecule has 2 heterocycles.